The van der Waals surface area contributed by atoms with E-state index in [2.05, 4.69) is 89.8 Å². The summed E-state index contributed by atoms with van der Waals surface area (Å²) in [7, 11) is 0. The van der Waals surface area contributed by atoms with E-state index in [1.807, 2.05) is 18.2 Å². The first-order valence-corrected chi connectivity index (χ1v) is 8.90. The molecule has 4 rings (SSSR count). The third-order valence-electron chi connectivity index (χ3n) is 4.77. The van der Waals surface area contributed by atoms with Crippen molar-refractivity contribution >= 4 is 16.5 Å². The minimum atomic E-state index is 0.0515. The molecule has 0 bridgehead atoms. The van der Waals surface area contributed by atoms with Crippen molar-refractivity contribution < 1.29 is 0 Å². The molecular formula is C24H22N2. The summed E-state index contributed by atoms with van der Waals surface area (Å²) in [4.78, 5) is 3.36. The van der Waals surface area contributed by atoms with Gasteiger partial charge in [0, 0.05) is 29.2 Å². The number of aromatic amines is 1. The maximum absolute atomic E-state index is 4.45. The Hall–Kier alpha value is -3.10. The lowest BCUT2D eigenvalue weighted by molar-refractivity contribution is 0.634. The Morgan fingerprint density at radius 1 is 0.846 bits per heavy atom. The highest BCUT2D eigenvalue weighted by Gasteiger charge is 2.18. The Bertz CT molecular complexity index is 1000. The molecule has 1 atom stereocenters. The van der Waals surface area contributed by atoms with Gasteiger partial charge in [-0.2, -0.15) is 0 Å². The highest BCUT2D eigenvalue weighted by Crippen LogP contribution is 2.33. The average Bonchev–Trinajstić information content (AvgIpc) is 3.14. The number of aromatic nitrogens is 1. The van der Waals surface area contributed by atoms with E-state index in [0.29, 0.717) is 0 Å². The number of nitrogens with one attached hydrogen (secondary N) is 2. The smallest absolute Gasteiger partial charge is 0.0580 e. The summed E-state index contributed by atoms with van der Waals surface area (Å²) in [6, 6.07) is 29.4. The molecule has 0 fully saturated rings. The van der Waals surface area contributed by atoms with Gasteiger partial charge in [0.05, 0.1) is 6.04 Å². The van der Waals surface area contributed by atoms with Gasteiger partial charge in [0.25, 0.3) is 0 Å². The van der Waals surface area contributed by atoms with Gasteiger partial charge < -0.3 is 10.3 Å². The molecule has 0 saturated heterocycles. The van der Waals surface area contributed by atoms with Gasteiger partial charge >= 0.3 is 0 Å². The van der Waals surface area contributed by atoms with Gasteiger partial charge in [0.2, 0.25) is 0 Å². The van der Waals surface area contributed by atoms with E-state index in [1.54, 1.807) is 0 Å². The highest BCUT2D eigenvalue weighted by atomic mass is 14.9. The Kier molecular flexibility index (Phi) is 4.67. The molecule has 3 aromatic carbocycles. The fourth-order valence-corrected chi connectivity index (χ4v) is 3.40. The summed E-state index contributed by atoms with van der Waals surface area (Å²) >= 11 is 0. The molecule has 1 aromatic heterocycles. The minimum absolute atomic E-state index is 0.0515. The van der Waals surface area contributed by atoms with Gasteiger partial charge in [-0.1, -0.05) is 85.4 Å². The molecule has 26 heavy (non-hydrogen) atoms. The number of hydrogen-bond donors (Lipinski definition) is 2. The standard InChI is InChI=1S/C24H22N2/c1-18(22-17-25-23-15-9-8-14-21(22)23)24(20-12-6-3-7-13-20)26-16-19-10-4-2-5-11-19/h2-15,17,24-26H,1,16H2. The summed E-state index contributed by atoms with van der Waals surface area (Å²) in [5.41, 5.74) is 5.86. The number of H-pyrrole nitrogens is 1. The van der Waals surface area contributed by atoms with E-state index in [-0.39, 0.29) is 6.04 Å². The fourth-order valence-electron chi connectivity index (χ4n) is 3.40. The lowest BCUT2D eigenvalue weighted by Crippen LogP contribution is -2.22. The number of hydrogen-bond acceptors (Lipinski definition) is 1. The van der Waals surface area contributed by atoms with Crippen molar-refractivity contribution in [2.24, 2.45) is 0 Å². The largest absolute Gasteiger partial charge is 0.361 e. The summed E-state index contributed by atoms with van der Waals surface area (Å²) < 4.78 is 0. The van der Waals surface area contributed by atoms with Crippen molar-refractivity contribution in [1.82, 2.24) is 10.3 Å². The van der Waals surface area contributed by atoms with Crippen LogP contribution < -0.4 is 5.32 Å². The van der Waals surface area contributed by atoms with Crippen molar-refractivity contribution in [2.75, 3.05) is 0 Å². The van der Waals surface area contributed by atoms with Crippen LogP contribution in [0.5, 0.6) is 0 Å². The van der Waals surface area contributed by atoms with Crippen LogP contribution in [-0.4, -0.2) is 4.98 Å². The summed E-state index contributed by atoms with van der Waals surface area (Å²) in [6.07, 6.45) is 2.06. The molecule has 0 aliphatic rings. The zero-order valence-corrected chi connectivity index (χ0v) is 14.7. The van der Waals surface area contributed by atoms with Crippen LogP contribution in [0.15, 0.2) is 97.7 Å². The van der Waals surface area contributed by atoms with Gasteiger partial charge in [-0.3, -0.25) is 0 Å². The predicted octanol–water partition coefficient (Wildman–Crippen LogP) is 5.71. The summed E-state index contributed by atoms with van der Waals surface area (Å²) in [5.74, 6) is 0. The second-order valence-electron chi connectivity index (χ2n) is 6.48. The quantitative estimate of drug-likeness (QED) is 0.463. The lowest BCUT2D eigenvalue weighted by Gasteiger charge is -2.22. The van der Waals surface area contributed by atoms with Crippen molar-refractivity contribution in [3.63, 3.8) is 0 Å². The molecule has 0 spiro atoms. The first-order valence-electron chi connectivity index (χ1n) is 8.90. The molecule has 4 aromatic rings. The zero-order valence-electron chi connectivity index (χ0n) is 14.7. The molecule has 1 heterocycles. The van der Waals surface area contributed by atoms with Gasteiger partial charge in [0.1, 0.15) is 0 Å². The lowest BCUT2D eigenvalue weighted by atomic mass is 9.93. The summed E-state index contributed by atoms with van der Waals surface area (Å²) in [6.45, 7) is 5.25. The van der Waals surface area contributed by atoms with Crippen LogP contribution in [0.25, 0.3) is 16.5 Å². The van der Waals surface area contributed by atoms with Crippen molar-refractivity contribution in [3.8, 4) is 0 Å². The second kappa shape index (κ2) is 7.42. The van der Waals surface area contributed by atoms with Crippen molar-refractivity contribution in [2.45, 2.75) is 12.6 Å². The Morgan fingerprint density at radius 2 is 1.50 bits per heavy atom. The second-order valence-corrected chi connectivity index (χ2v) is 6.48. The third kappa shape index (κ3) is 3.32. The van der Waals surface area contributed by atoms with Gasteiger partial charge in [-0.05, 0) is 22.8 Å². The Labute approximate surface area is 154 Å². The van der Waals surface area contributed by atoms with Gasteiger partial charge in [-0.25, -0.2) is 0 Å². The summed E-state index contributed by atoms with van der Waals surface area (Å²) in [5, 5.41) is 4.90. The van der Waals surface area contributed by atoms with E-state index in [9.17, 15) is 0 Å². The fraction of sp³-hybridized carbons (Fsp3) is 0.0833. The maximum atomic E-state index is 4.45. The number of fused-ring (bicyclic) bond motifs is 1. The van der Waals surface area contributed by atoms with Crippen molar-refractivity contribution in [3.05, 3.63) is 114 Å². The van der Waals surface area contributed by atoms with E-state index in [4.69, 9.17) is 0 Å². The van der Waals surface area contributed by atoms with E-state index in [0.717, 1.165) is 23.2 Å². The molecule has 1 unspecified atom stereocenters. The highest BCUT2D eigenvalue weighted by molar-refractivity contribution is 5.93. The Balaban J connectivity index is 1.67. The molecule has 2 heteroatoms. The number of rotatable bonds is 6. The van der Waals surface area contributed by atoms with Crippen LogP contribution in [0, 0.1) is 0 Å². The maximum Gasteiger partial charge on any atom is 0.0580 e. The number of para-hydroxylation sites is 1. The van der Waals surface area contributed by atoms with E-state index >= 15 is 0 Å². The van der Waals surface area contributed by atoms with Crippen LogP contribution in [-0.2, 0) is 6.54 Å². The van der Waals surface area contributed by atoms with E-state index < -0.39 is 0 Å². The molecule has 0 aliphatic carbocycles. The van der Waals surface area contributed by atoms with Crippen molar-refractivity contribution in [1.29, 1.82) is 0 Å². The molecule has 2 nitrogen and oxygen atoms in total. The monoisotopic (exact) mass is 338 g/mol. The average molecular weight is 338 g/mol. The Morgan fingerprint density at radius 3 is 2.27 bits per heavy atom. The van der Waals surface area contributed by atoms with Crippen LogP contribution in [0.2, 0.25) is 0 Å². The van der Waals surface area contributed by atoms with Crippen LogP contribution in [0.4, 0.5) is 0 Å². The van der Waals surface area contributed by atoms with Crippen LogP contribution in [0.1, 0.15) is 22.7 Å². The molecule has 2 N–H and O–H groups in total. The SMILES string of the molecule is C=C(c1c[nH]c2ccccc12)C(NCc1ccccc1)c1ccccc1. The minimum Gasteiger partial charge on any atom is -0.361 e. The van der Waals surface area contributed by atoms with Crippen LogP contribution in [0.3, 0.4) is 0 Å². The predicted molar refractivity (Wildman–Crippen MR) is 110 cm³/mol. The zero-order chi connectivity index (χ0) is 17.8. The third-order valence-corrected chi connectivity index (χ3v) is 4.77. The van der Waals surface area contributed by atoms with E-state index in [1.165, 1.54) is 16.5 Å². The first kappa shape index (κ1) is 16.4. The molecule has 0 radical (unpaired) electrons. The topological polar surface area (TPSA) is 27.8 Å². The normalized spacial score (nSPS) is 12.2. The molecule has 0 saturated carbocycles. The molecule has 0 aliphatic heterocycles. The molecule has 0 amide bonds. The first-order chi connectivity index (χ1) is 12.8. The van der Waals surface area contributed by atoms with Gasteiger partial charge in [0.15, 0.2) is 0 Å². The van der Waals surface area contributed by atoms with Gasteiger partial charge in [-0.15, -0.1) is 0 Å². The molecule has 128 valence electrons. The number of benzene rings is 3. The molecular weight excluding hydrogens is 316 g/mol. The van der Waals surface area contributed by atoms with Crippen LogP contribution >= 0.6 is 0 Å².